The Morgan fingerprint density at radius 1 is 0.458 bits per heavy atom. The maximum absolute atomic E-state index is 4.86. The number of nitrogens with one attached hydrogen (secondary N) is 2. The first-order valence-electron chi connectivity index (χ1n) is 9.56. The van der Waals surface area contributed by atoms with E-state index in [4.69, 9.17) is 24.4 Å². The Kier molecular flexibility index (Phi) is 20.2. The average molecular weight is 409 g/mol. The maximum Gasteiger partial charge on any atom is 0.130 e. The highest BCUT2D eigenvalue weighted by Gasteiger charge is 1.95. The predicted octanol–water partition coefficient (Wildman–Crippen LogP) is 6.06. The van der Waals surface area contributed by atoms with Gasteiger partial charge in [0.25, 0.3) is 0 Å². The molecule has 0 heterocycles. The van der Waals surface area contributed by atoms with E-state index in [-0.39, 0.29) is 0 Å². The molecule has 2 nitrogen and oxygen atoms in total. The van der Waals surface area contributed by atoms with Crippen LogP contribution in [-0.4, -0.2) is 21.7 Å². The molecule has 0 aliphatic rings. The van der Waals surface area contributed by atoms with Crippen LogP contribution in [0.5, 0.6) is 0 Å². The van der Waals surface area contributed by atoms with E-state index in [1.165, 1.54) is 89.9 Å². The summed E-state index contributed by atoms with van der Waals surface area (Å²) in [6.07, 6.45) is 19.0. The second kappa shape index (κ2) is 19.8. The molecule has 2 N–H and O–H groups in total. The van der Waals surface area contributed by atoms with Crippen LogP contribution in [0.2, 0.25) is 0 Å². The van der Waals surface area contributed by atoms with Gasteiger partial charge in [-0.15, -0.1) is 25.3 Å². The van der Waals surface area contributed by atoms with Crippen LogP contribution in [-0.2, 0) is 0 Å². The lowest BCUT2D eigenvalue weighted by Gasteiger charge is -2.05. The first-order valence-corrected chi connectivity index (χ1v) is 11.3. The van der Waals surface area contributed by atoms with Crippen LogP contribution < -0.4 is 10.6 Å². The van der Waals surface area contributed by atoms with Crippen molar-refractivity contribution in [3.8, 4) is 0 Å². The van der Waals surface area contributed by atoms with Crippen molar-refractivity contribution in [1.82, 2.24) is 10.6 Å². The van der Waals surface area contributed by atoms with E-state index in [1.54, 1.807) is 0 Å². The van der Waals surface area contributed by atoms with Crippen LogP contribution in [0, 0.1) is 0 Å². The smallest absolute Gasteiger partial charge is 0.130 e. The van der Waals surface area contributed by atoms with Crippen molar-refractivity contribution in [2.24, 2.45) is 0 Å². The molecular weight excluding hydrogens is 372 g/mol. The molecule has 0 saturated carbocycles. The molecule has 0 aromatic rings. The van der Waals surface area contributed by atoms with Gasteiger partial charge in [-0.05, 0) is 12.8 Å². The second-order valence-corrected chi connectivity index (χ2v) is 8.73. The zero-order valence-electron chi connectivity index (χ0n) is 15.0. The third kappa shape index (κ3) is 22.5. The number of hydrogen-bond acceptors (Lipinski definition) is 2. The van der Waals surface area contributed by atoms with E-state index in [2.05, 4.69) is 35.9 Å². The first-order chi connectivity index (χ1) is 11.6. The van der Waals surface area contributed by atoms with Crippen molar-refractivity contribution < 1.29 is 0 Å². The molecule has 0 aromatic carbocycles. The second-order valence-electron chi connectivity index (χ2n) is 6.41. The maximum atomic E-state index is 4.86. The van der Waals surface area contributed by atoms with Crippen molar-refractivity contribution in [2.75, 3.05) is 13.1 Å². The molecule has 0 atom stereocenters. The van der Waals surface area contributed by atoms with E-state index in [1.807, 2.05) is 0 Å². The van der Waals surface area contributed by atoms with Gasteiger partial charge in [-0.2, -0.15) is 0 Å². The van der Waals surface area contributed by atoms with Gasteiger partial charge in [0.2, 0.25) is 0 Å². The Bertz CT molecular complexity index is 281. The Hall–Kier alpha value is 0.480. The highest BCUT2D eigenvalue weighted by atomic mass is 32.1. The molecule has 24 heavy (non-hydrogen) atoms. The summed E-state index contributed by atoms with van der Waals surface area (Å²) in [4.78, 5) is 0. The van der Waals surface area contributed by atoms with Crippen molar-refractivity contribution in [2.45, 2.75) is 89.9 Å². The number of unbranched alkanes of at least 4 members (excludes halogenated alkanes) is 13. The van der Waals surface area contributed by atoms with Gasteiger partial charge in [0.1, 0.15) is 8.64 Å². The number of hydrogen-bond donors (Lipinski definition) is 4. The molecule has 0 radical (unpaired) electrons. The summed E-state index contributed by atoms with van der Waals surface area (Å²) in [6, 6.07) is 0. The van der Waals surface area contributed by atoms with Crippen molar-refractivity contribution >= 4 is 58.3 Å². The molecule has 6 heteroatoms. The normalized spacial score (nSPS) is 10.6. The molecule has 0 spiro atoms. The van der Waals surface area contributed by atoms with Gasteiger partial charge in [-0.25, -0.2) is 0 Å². The average Bonchev–Trinajstić information content (AvgIpc) is 2.53. The fourth-order valence-corrected chi connectivity index (χ4v) is 3.19. The largest absolute Gasteiger partial charge is 0.371 e. The standard InChI is InChI=1S/C18H36N2S4/c21-17(22)19-15-13-11-9-7-5-3-1-2-4-6-8-10-12-14-16-20-18(23)24/h1-16H2,(H2,19,21,22)(H2,20,23,24). The summed E-state index contributed by atoms with van der Waals surface area (Å²) in [5.41, 5.74) is 0. The summed E-state index contributed by atoms with van der Waals surface area (Å²) in [7, 11) is 0. The third-order valence-electron chi connectivity index (χ3n) is 4.16. The Morgan fingerprint density at radius 3 is 0.875 bits per heavy atom. The van der Waals surface area contributed by atoms with E-state index in [9.17, 15) is 0 Å². The van der Waals surface area contributed by atoms with E-state index < -0.39 is 0 Å². The van der Waals surface area contributed by atoms with Gasteiger partial charge in [-0.1, -0.05) is 101 Å². The van der Waals surface area contributed by atoms with Gasteiger partial charge >= 0.3 is 0 Å². The molecule has 0 aliphatic carbocycles. The first kappa shape index (κ1) is 24.5. The summed E-state index contributed by atoms with van der Waals surface area (Å²) >= 11 is 17.8. The quantitative estimate of drug-likeness (QED) is 0.134. The zero-order chi connectivity index (χ0) is 17.9. The molecule has 0 unspecified atom stereocenters. The Labute approximate surface area is 171 Å². The molecule has 0 rings (SSSR count). The lowest BCUT2D eigenvalue weighted by molar-refractivity contribution is 0.532. The van der Waals surface area contributed by atoms with Crippen molar-refractivity contribution in [1.29, 1.82) is 0 Å². The Balaban J connectivity index is 3.00. The lowest BCUT2D eigenvalue weighted by Crippen LogP contribution is -2.17. The van der Waals surface area contributed by atoms with Gasteiger partial charge in [0.15, 0.2) is 0 Å². The van der Waals surface area contributed by atoms with Crippen molar-refractivity contribution in [3.05, 3.63) is 0 Å². The fourth-order valence-electron chi connectivity index (χ4n) is 2.76. The van der Waals surface area contributed by atoms with Crippen LogP contribution >= 0.6 is 49.7 Å². The van der Waals surface area contributed by atoms with Crippen molar-refractivity contribution in [3.63, 3.8) is 0 Å². The monoisotopic (exact) mass is 408 g/mol. The molecule has 0 saturated heterocycles. The van der Waals surface area contributed by atoms with Gasteiger partial charge in [0.05, 0.1) is 0 Å². The van der Waals surface area contributed by atoms with Crippen LogP contribution in [0.25, 0.3) is 0 Å². The molecule has 142 valence electrons. The minimum absolute atomic E-state index is 0.616. The highest BCUT2D eigenvalue weighted by Crippen LogP contribution is 2.12. The topological polar surface area (TPSA) is 24.1 Å². The molecule has 0 aromatic heterocycles. The number of rotatable bonds is 17. The van der Waals surface area contributed by atoms with Crippen LogP contribution in [0.3, 0.4) is 0 Å². The molecule has 0 fully saturated rings. The van der Waals surface area contributed by atoms with E-state index >= 15 is 0 Å². The summed E-state index contributed by atoms with van der Waals surface area (Å²) < 4.78 is 1.23. The number of thiol groups is 2. The highest BCUT2D eigenvalue weighted by molar-refractivity contribution is 8.11. The molecular formula is C18H36N2S4. The zero-order valence-corrected chi connectivity index (χ0v) is 18.4. The van der Waals surface area contributed by atoms with Gasteiger partial charge in [0, 0.05) is 13.1 Å². The molecule has 0 aliphatic heterocycles. The molecule has 0 bridgehead atoms. The Morgan fingerprint density at radius 2 is 0.667 bits per heavy atom. The summed E-state index contributed by atoms with van der Waals surface area (Å²) in [6.45, 7) is 1.95. The van der Waals surface area contributed by atoms with Crippen LogP contribution in [0.1, 0.15) is 89.9 Å². The van der Waals surface area contributed by atoms with Gasteiger partial charge in [-0.3, -0.25) is 0 Å². The minimum Gasteiger partial charge on any atom is -0.371 e. The van der Waals surface area contributed by atoms with E-state index in [0.29, 0.717) is 8.64 Å². The fraction of sp³-hybridized carbons (Fsp3) is 0.889. The lowest BCUT2D eigenvalue weighted by atomic mass is 10.0. The summed E-state index contributed by atoms with van der Waals surface area (Å²) in [5.74, 6) is 0. The van der Waals surface area contributed by atoms with Gasteiger partial charge < -0.3 is 10.6 Å². The van der Waals surface area contributed by atoms with E-state index in [0.717, 1.165) is 13.1 Å². The number of thiocarbonyl (C=S) groups is 2. The van der Waals surface area contributed by atoms with Crippen LogP contribution in [0.4, 0.5) is 0 Å². The van der Waals surface area contributed by atoms with Crippen LogP contribution in [0.15, 0.2) is 0 Å². The minimum atomic E-state index is 0.616. The summed E-state index contributed by atoms with van der Waals surface area (Å²) in [5, 5.41) is 6.17. The SMILES string of the molecule is S=C(S)NCCCCCCCCCCCCCCCCNC(=S)S. The predicted molar refractivity (Wildman–Crippen MR) is 124 cm³/mol. The third-order valence-corrected chi connectivity index (χ3v) is 4.76. The molecule has 0 amide bonds.